The molecule has 1 amide bonds. The number of benzene rings is 2. The third-order valence-corrected chi connectivity index (χ3v) is 6.59. The lowest BCUT2D eigenvalue weighted by molar-refractivity contribution is -0.0494. The predicted molar refractivity (Wildman–Crippen MR) is 129 cm³/mol. The molecule has 0 aliphatic carbocycles. The van der Waals surface area contributed by atoms with Crippen LogP contribution in [0.1, 0.15) is 41.4 Å². The smallest absolute Gasteiger partial charge is 0.253 e. The van der Waals surface area contributed by atoms with Gasteiger partial charge in [-0.3, -0.25) is 9.78 Å². The first-order chi connectivity index (χ1) is 16.3. The molecule has 2 aromatic carbocycles. The first-order valence-corrected chi connectivity index (χ1v) is 11.6. The molecule has 4 nitrogen and oxygen atoms in total. The number of piperidine rings is 1. The van der Waals surface area contributed by atoms with Crippen molar-refractivity contribution in [3.63, 3.8) is 0 Å². The first kappa shape index (κ1) is 22.3. The van der Waals surface area contributed by atoms with E-state index in [-0.39, 0.29) is 31.8 Å². The summed E-state index contributed by atoms with van der Waals surface area (Å²) in [5, 5.41) is 1.02. The second kappa shape index (κ2) is 8.67. The van der Waals surface area contributed by atoms with Crippen LogP contribution >= 0.6 is 0 Å². The van der Waals surface area contributed by atoms with Gasteiger partial charge in [-0.1, -0.05) is 19.1 Å². The number of hydrogen-bond donors (Lipinski definition) is 0. The van der Waals surface area contributed by atoms with Crippen molar-refractivity contribution in [2.24, 2.45) is 0 Å². The van der Waals surface area contributed by atoms with E-state index in [0.29, 0.717) is 5.56 Å². The maximum absolute atomic E-state index is 13.5. The molecule has 0 spiro atoms. The van der Waals surface area contributed by atoms with Gasteiger partial charge in [0.25, 0.3) is 11.8 Å². The highest BCUT2D eigenvalue weighted by Crippen LogP contribution is 2.37. The fourth-order valence-electron chi connectivity index (χ4n) is 4.52. The third-order valence-electron chi connectivity index (χ3n) is 6.59. The van der Waals surface area contributed by atoms with Gasteiger partial charge in [-0.05, 0) is 60.0 Å². The van der Waals surface area contributed by atoms with E-state index in [1.807, 2.05) is 24.4 Å². The van der Waals surface area contributed by atoms with Crippen LogP contribution < -0.4 is 0 Å². The molecular formula is C28H26F2N2O2. The Morgan fingerprint density at radius 1 is 1.03 bits per heavy atom. The highest BCUT2D eigenvalue weighted by Gasteiger charge is 2.35. The highest BCUT2D eigenvalue weighted by atomic mass is 19.3. The number of aromatic nitrogens is 1. The maximum Gasteiger partial charge on any atom is 0.253 e. The van der Waals surface area contributed by atoms with Crippen LogP contribution in [0.15, 0.2) is 65.3 Å². The number of pyridine rings is 1. The first-order valence-electron chi connectivity index (χ1n) is 11.6. The molecule has 0 N–H and O–H groups in total. The Hall–Kier alpha value is -3.54. The number of carbonyl (C=O) groups excluding carboxylic acids is 1. The molecule has 6 heteroatoms. The Morgan fingerprint density at radius 2 is 1.76 bits per heavy atom. The lowest BCUT2D eigenvalue weighted by atomic mass is 9.95. The zero-order valence-electron chi connectivity index (χ0n) is 19.3. The molecule has 0 bridgehead atoms. The van der Waals surface area contributed by atoms with Gasteiger partial charge < -0.3 is 9.32 Å². The molecule has 2 aromatic heterocycles. The summed E-state index contributed by atoms with van der Waals surface area (Å²) >= 11 is 0. The second-order valence-corrected chi connectivity index (χ2v) is 8.92. The van der Waals surface area contributed by atoms with Gasteiger partial charge in [0.2, 0.25) is 0 Å². The molecule has 34 heavy (non-hydrogen) atoms. The predicted octanol–water partition coefficient (Wildman–Crippen LogP) is 6.90. The van der Waals surface area contributed by atoms with E-state index in [4.69, 9.17) is 4.42 Å². The fraction of sp³-hybridized carbons (Fsp3) is 0.286. The van der Waals surface area contributed by atoms with Gasteiger partial charge in [0, 0.05) is 66.8 Å². The van der Waals surface area contributed by atoms with Gasteiger partial charge in [0.15, 0.2) is 0 Å². The minimum atomic E-state index is -2.67. The Morgan fingerprint density at radius 3 is 2.44 bits per heavy atom. The molecule has 174 valence electrons. The summed E-state index contributed by atoms with van der Waals surface area (Å²) in [6.45, 7) is 4.28. The molecule has 0 radical (unpaired) electrons. The molecule has 1 fully saturated rings. The van der Waals surface area contributed by atoms with Gasteiger partial charge in [0.05, 0.1) is 0 Å². The average molecular weight is 461 g/mol. The number of carbonyl (C=O) groups is 1. The van der Waals surface area contributed by atoms with Gasteiger partial charge in [-0.2, -0.15) is 0 Å². The number of amides is 1. The van der Waals surface area contributed by atoms with E-state index in [1.54, 1.807) is 18.3 Å². The molecule has 4 aromatic rings. The summed E-state index contributed by atoms with van der Waals surface area (Å²) < 4.78 is 33.1. The number of alkyl halides is 2. The topological polar surface area (TPSA) is 46.3 Å². The SMILES string of the molecule is CCc1cc2cc(-c3ccc(C(=O)N4CCC(F)(F)CC4)cc3)cc(-c3cnccc3C)c2o1. The van der Waals surface area contributed by atoms with Crippen LogP contribution in [0.5, 0.6) is 0 Å². The Balaban J connectivity index is 1.50. The van der Waals surface area contributed by atoms with Crippen LogP contribution in [0.25, 0.3) is 33.2 Å². The van der Waals surface area contributed by atoms with Crippen LogP contribution in [-0.4, -0.2) is 34.8 Å². The van der Waals surface area contributed by atoms with Crippen LogP contribution in [-0.2, 0) is 6.42 Å². The molecule has 5 rings (SSSR count). The van der Waals surface area contributed by atoms with Crippen molar-refractivity contribution < 1.29 is 18.0 Å². The van der Waals surface area contributed by atoms with Crippen molar-refractivity contribution >= 4 is 16.9 Å². The van der Waals surface area contributed by atoms with Crippen LogP contribution in [0.4, 0.5) is 8.78 Å². The molecule has 3 heterocycles. The number of hydrogen-bond acceptors (Lipinski definition) is 3. The van der Waals surface area contributed by atoms with Crippen molar-refractivity contribution in [1.29, 1.82) is 0 Å². The van der Waals surface area contributed by atoms with Gasteiger partial charge in [0.1, 0.15) is 11.3 Å². The van der Waals surface area contributed by atoms with Crippen molar-refractivity contribution in [2.75, 3.05) is 13.1 Å². The molecule has 0 saturated carbocycles. The van der Waals surface area contributed by atoms with Crippen molar-refractivity contribution in [1.82, 2.24) is 9.88 Å². The fourth-order valence-corrected chi connectivity index (χ4v) is 4.52. The lowest BCUT2D eigenvalue weighted by Crippen LogP contribution is -2.42. The summed E-state index contributed by atoms with van der Waals surface area (Å²) in [5.74, 6) is -1.96. The molecule has 1 saturated heterocycles. The summed E-state index contributed by atoms with van der Waals surface area (Å²) in [6, 6.07) is 15.6. The van der Waals surface area contributed by atoms with Crippen molar-refractivity contribution in [3.8, 4) is 22.3 Å². The lowest BCUT2D eigenvalue weighted by Gasteiger charge is -2.31. The summed E-state index contributed by atoms with van der Waals surface area (Å²) in [4.78, 5) is 18.6. The summed E-state index contributed by atoms with van der Waals surface area (Å²) in [6.07, 6.45) is 3.87. The number of fused-ring (bicyclic) bond motifs is 1. The van der Waals surface area contributed by atoms with Crippen molar-refractivity contribution in [2.45, 2.75) is 39.0 Å². The van der Waals surface area contributed by atoms with Gasteiger partial charge in [-0.15, -0.1) is 0 Å². The molecule has 0 atom stereocenters. The van der Waals surface area contributed by atoms with E-state index in [2.05, 4.69) is 37.0 Å². The molecule has 0 unspecified atom stereocenters. The number of rotatable bonds is 4. The number of aryl methyl sites for hydroxylation is 2. The minimum Gasteiger partial charge on any atom is -0.460 e. The summed E-state index contributed by atoms with van der Waals surface area (Å²) in [5.41, 5.74) is 6.42. The minimum absolute atomic E-state index is 0.0817. The van der Waals surface area contributed by atoms with Gasteiger partial charge >= 0.3 is 0 Å². The average Bonchev–Trinajstić information content (AvgIpc) is 3.27. The van der Waals surface area contributed by atoms with E-state index in [1.165, 1.54) is 4.90 Å². The monoisotopic (exact) mass is 460 g/mol. The number of likely N-dealkylation sites (tertiary alicyclic amines) is 1. The Bertz CT molecular complexity index is 1350. The van der Waals surface area contributed by atoms with E-state index in [0.717, 1.165) is 51.0 Å². The number of nitrogens with zero attached hydrogens (tertiary/aromatic N) is 2. The van der Waals surface area contributed by atoms with E-state index in [9.17, 15) is 13.6 Å². The van der Waals surface area contributed by atoms with E-state index >= 15 is 0 Å². The zero-order valence-corrected chi connectivity index (χ0v) is 19.3. The normalized spacial score (nSPS) is 15.6. The van der Waals surface area contributed by atoms with Crippen LogP contribution in [0.3, 0.4) is 0 Å². The number of furan rings is 1. The number of halogens is 2. The maximum atomic E-state index is 13.5. The quantitative estimate of drug-likeness (QED) is 0.333. The van der Waals surface area contributed by atoms with E-state index < -0.39 is 5.92 Å². The largest absolute Gasteiger partial charge is 0.460 e. The summed E-state index contributed by atoms with van der Waals surface area (Å²) in [7, 11) is 0. The molecular weight excluding hydrogens is 434 g/mol. The Kier molecular flexibility index (Phi) is 5.68. The van der Waals surface area contributed by atoms with Crippen LogP contribution in [0.2, 0.25) is 0 Å². The van der Waals surface area contributed by atoms with Crippen molar-refractivity contribution in [3.05, 3.63) is 77.8 Å². The third kappa shape index (κ3) is 4.20. The molecule has 1 aliphatic heterocycles. The van der Waals surface area contributed by atoms with Crippen LogP contribution in [0, 0.1) is 6.92 Å². The highest BCUT2D eigenvalue weighted by molar-refractivity contribution is 5.98. The molecule has 1 aliphatic rings. The zero-order chi connectivity index (χ0) is 23.9. The second-order valence-electron chi connectivity index (χ2n) is 8.92. The van der Waals surface area contributed by atoms with Gasteiger partial charge in [-0.25, -0.2) is 8.78 Å². The standard InChI is InChI=1S/C28H26F2N2O2/c1-3-23-15-22-14-21(16-24(26(22)34-23)25-17-31-11-8-18(25)2)19-4-6-20(7-5-19)27(33)32-12-9-28(29,30)10-13-32/h4-8,11,14-17H,3,9-10,12-13H2,1-2H3. The Labute approximate surface area is 197 Å².